The van der Waals surface area contributed by atoms with Crippen molar-refractivity contribution in [1.29, 1.82) is 0 Å². The molecule has 2 aromatic rings. The predicted molar refractivity (Wildman–Crippen MR) is 119 cm³/mol. The summed E-state index contributed by atoms with van der Waals surface area (Å²) in [4.78, 5) is 2.45. The van der Waals surface area contributed by atoms with Crippen LogP contribution in [-0.2, 0) is 11.7 Å². The Kier molecular flexibility index (Phi) is 7.12. The number of phenolic OH excluding ortho intramolecular Hbond substituents is 1. The van der Waals surface area contributed by atoms with Gasteiger partial charge in [-0.15, -0.1) is 0 Å². The molecule has 0 radical (unpaired) electrons. The third-order valence-electron chi connectivity index (χ3n) is 5.82. The summed E-state index contributed by atoms with van der Waals surface area (Å²) in [5.74, 6) is 0.213. The summed E-state index contributed by atoms with van der Waals surface area (Å²) >= 11 is 0. The maximum Gasteiger partial charge on any atom is 0.123 e. The van der Waals surface area contributed by atoms with Gasteiger partial charge in [-0.25, -0.2) is 4.39 Å². The van der Waals surface area contributed by atoms with Crippen LogP contribution in [0.5, 0.6) is 5.75 Å². The number of rotatable bonds is 7. The molecule has 2 nitrogen and oxygen atoms in total. The quantitative estimate of drug-likeness (QED) is 0.589. The van der Waals surface area contributed by atoms with Crippen LogP contribution < -0.4 is 5.30 Å². The van der Waals surface area contributed by atoms with Gasteiger partial charge in [0.1, 0.15) is 11.6 Å². The van der Waals surface area contributed by atoms with E-state index in [4.69, 9.17) is 0 Å². The van der Waals surface area contributed by atoms with Crippen LogP contribution in [0.25, 0.3) is 0 Å². The molecule has 1 fully saturated rings. The number of likely N-dealkylation sites (tertiary alicyclic amines) is 1. The summed E-state index contributed by atoms with van der Waals surface area (Å²) in [6.45, 7) is 9.53. The lowest BCUT2D eigenvalue weighted by atomic mass is 9.93. The minimum absolute atomic E-state index is 0.153. The average molecular weight is 402 g/mol. The topological polar surface area (TPSA) is 23.5 Å². The first-order chi connectivity index (χ1) is 13.4. The van der Waals surface area contributed by atoms with Gasteiger partial charge in [0.05, 0.1) is 0 Å². The van der Waals surface area contributed by atoms with Gasteiger partial charge < -0.3 is 5.11 Å². The molecule has 0 saturated carbocycles. The zero-order valence-electron chi connectivity index (χ0n) is 17.4. The minimum atomic E-state index is -0.156. The van der Waals surface area contributed by atoms with Crippen molar-refractivity contribution >= 4 is 13.9 Å². The molecule has 1 N–H and O–H groups in total. The van der Waals surface area contributed by atoms with E-state index in [1.54, 1.807) is 12.1 Å². The first-order valence-electron chi connectivity index (χ1n) is 10.5. The Balaban J connectivity index is 1.93. The number of nitrogens with zero attached hydrogens (tertiary/aromatic N) is 1. The number of hydrogen-bond donors (Lipinski definition) is 1. The molecule has 1 heterocycles. The zero-order valence-corrected chi connectivity index (χ0v) is 18.4. The van der Waals surface area contributed by atoms with Crippen molar-refractivity contribution in [2.75, 3.05) is 13.1 Å². The fourth-order valence-electron chi connectivity index (χ4n) is 4.33. The van der Waals surface area contributed by atoms with Crippen LogP contribution in [0.3, 0.4) is 0 Å². The molecule has 0 amide bonds. The number of aromatic hydroxyl groups is 1. The third kappa shape index (κ3) is 5.13. The van der Waals surface area contributed by atoms with E-state index in [9.17, 15) is 9.50 Å². The van der Waals surface area contributed by atoms with Crippen LogP contribution in [0.2, 0.25) is 0 Å². The summed E-state index contributed by atoms with van der Waals surface area (Å²) in [5.41, 5.74) is 3.28. The van der Waals surface area contributed by atoms with Crippen LogP contribution in [0.1, 0.15) is 62.6 Å². The highest BCUT2D eigenvalue weighted by Crippen LogP contribution is 2.48. The number of halogens is 1. The number of hydrogen-bond acceptors (Lipinski definition) is 2. The molecule has 1 aliphatic rings. The molecule has 4 heteroatoms. The highest BCUT2D eigenvalue weighted by molar-refractivity contribution is 7.48. The Morgan fingerprint density at radius 3 is 2.57 bits per heavy atom. The molecule has 2 atom stereocenters. The van der Waals surface area contributed by atoms with Crippen LogP contribution in [0.15, 0.2) is 36.4 Å². The van der Waals surface area contributed by atoms with Gasteiger partial charge in [0.15, 0.2) is 0 Å². The largest absolute Gasteiger partial charge is 0.508 e. The number of benzene rings is 2. The standard InChI is InChI=1S/C24H33FNOP/c1-4-12-24(3,21-15-18(2)8-10-22(21)27)28-23-11-9-20(25)16-19(23)17-26-13-6-5-7-14-26/h8-11,15-16,27-28H,4-7,12-14,17H2,1-3H3. The van der Waals surface area contributed by atoms with Gasteiger partial charge in [0.25, 0.3) is 0 Å². The van der Waals surface area contributed by atoms with Crippen molar-refractivity contribution in [2.45, 2.75) is 64.6 Å². The first kappa shape index (κ1) is 21.3. The smallest absolute Gasteiger partial charge is 0.123 e. The Hall–Kier alpha value is -1.44. The highest BCUT2D eigenvalue weighted by atomic mass is 31.1. The summed E-state index contributed by atoms with van der Waals surface area (Å²) in [6.07, 6.45) is 5.80. The van der Waals surface area contributed by atoms with E-state index in [0.29, 0.717) is 14.3 Å². The maximum absolute atomic E-state index is 14.1. The van der Waals surface area contributed by atoms with Crippen molar-refractivity contribution in [3.8, 4) is 5.75 Å². The van der Waals surface area contributed by atoms with Crippen LogP contribution in [0, 0.1) is 12.7 Å². The van der Waals surface area contributed by atoms with Gasteiger partial charge in [0, 0.05) is 17.3 Å². The maximum atomic E-state index is 14.1. The molecule has 0 aromatic heterocycles. The monoisotopic (exact) mass is 401 g/mol. The molecule has 3 rings (SSSR count). The summed E-state index contributed by atoms with van der Waals surface area (Å²) in [7, 11) is 0.488. The Labute approximate surface area is 170 Å². The summed E-state index contributed by atoms with van der Waals surface area (Å²) in [5, 5.41) is 11.7. The minimum Gasteiger partial charge on any atom is -0.508 e. The number of phenols is 1. The average Bonchev–Trinajstić information content (AvgIpc) is 2.67. The Bertz CT molecular complexity index is 803. The van der Waals surface area contributed by atoms with E-state index >= 15 is 0 Å². The molecule has 2 unspecified atom stereocenters. The molecular formula is C24H33FNOP. The third-order valence-corrected chi connectivity index (χ3v) is 7.65. The Morgan fingerprint density at radius 1 is 1.11 bits per heavy atom. The van der Waals surface area contributed by atoms with Crippen LogP contribution >= 0.6 is 8.58 Å². The SMILES string of the molecule is CCCC(C)(Pc1ccc(F)cc1CN1CCCCC1)c1cc(C)ccc1O. The van der Waals surface area contributed by atoms with Gasteiger partial charge in [0.2, 0.25) is 0 Å². The molecule has 0 spiro atoms. The summed E-state index contributed by atoms with van der Waals surface area (Å²) < 4.78 is 14.1. The molecule has 0 aliphatic carbocycles. The van der Waals surface area contributed by atoms with Crippen molar-refractivity contribution in [2.24, 2.45) is 0 Å². The molecule has 0 bridgehead atoms. The molecule has 1 saturated heterocycles. The van der Waals surface area contributed by atoms with E-state index < -0.39 is 0 Å². The lowest BCUT2D eigenvalue weighted by Crippen LogP contribution is -2.31. The van der Waals surface area contributed by atoms with Gasteiger partial charge in [-0.2, -0.15) is 0 Å². The van der Waals surface area contributed by atoms with E-state index in [1.165, 1.54) is 24.6 Å². The predicted octanol–water partition coefficient (Wildman–Crippen LogP) is 5.84. The van der Waals surface area contributed by atoms with Crippen LogP contribution in [-0.4, -0.2) is 23.1 Å². The fourth-order valence-corrected chi connectivity index (χ4v) is 6.11. The lowest BCUT2D eigenvalue weighted by Gasteiger charge is -2.33. The van der Waals surface area contributed by atoms with E-state index in [0.717, 1.165) is 49.2 Å². The number of aryl methyl sites for hydroxylation is 1. The van der Waals surface area contributed by atoms with E-state index in [2.05, 4.69) is 31.7 Å². The number of piperidine rings is 1. The first-order valence-corrected chi connectivity index (χ1v) is 11.5. The zero-order chi connectivity index (χ0) is 20.1. The second-order valence-electron chi connectivity index (χ2n) is 8.37. The van der Waals surface area contributed by atoms with E-state index in [1.807, 2.05) is 18.2 Å². The second kappa shape index (κ2) is 9.37. The molecule has 2 aromatic carbocycles. The van der Waals surface area contributed by atoms with Gasteiger partial charge in [-0.05, 0) is 68.3 Å². The lowest BCUT2D eigenvalue weighted by molar-refractivity contribution is 0.221. The molecule has 28 heavy (non-hydrogen) atoms. The fraction of sp³-hybridized carbons (Fsp3) is 0.500. The van der Waals surface area contributed by atoms with Crippen molar-refractivity contribution in [3.05, 3.63) is 58.9 Å². The van der Waals surface area contributed by atoms with Gasteiger partial charge >= 0.3 is 0 Å². The highest BCUT2D eigenvalue weighted by Gasteiger charge is 2.30. The Morgan fingerprint density at radius 2 is 1.86 bits per heavy atom. The van der Waals surface area contributed by atoms with Crippen molar-refractivity contribution < 1.29 is 9.50 Å². The van der Waals surface area contributed by atoms with Gasteiger partial charge in [-0.3, -0.25) is 4.90 Å². The van der Waals surface area contributed by atoms with Crippen LogP contribution in [0.4, 0.5) is 4.39 Å². The van der Waals surface area contributed by atoms with Gasteiger partial charge in [-0.1, -0.05) is 59.0 Å². The molecule has 152 valence electrons. The normalized spacial score (nSPS) is 17.9. The van der Waals surface area contributed by atoms with Crippen molar-refractivity contribution in [1.82, 2.24) is 4.90 Å². The molecule has 1 aliphatic heterocycles. The van der Waals surface area contributed by atoms with Crippen molar-refractivity contribution in [3.63, 3.8) is 0 Å². The summed E-state index contributed by atoms with van der Waals surface area (Å²) in [6, 6.07) is 11.2. The molecular weight excluding hydrogens is 368 g/mol. The second-order valence-corrected chi connectivity index (χ2v) is 10.3. The van der Waals surface area contributed by atoms with E-state index in [-0.39, 0.29) is 11.0 Å².